The number of carboxylic acids is 3. The Morgan fingerprint density at radius 2 is 0.809 bits per heavy atom. The molecule has 136 heavy (non-hydrogen) atoms. The molecule has 0 radical (unpaired) electrons. The molecule has 6 saturated heterocycles. The first-order chi connectivity index (χ1) is 64.6. The van der Waals surface area contributed by atoms with Crippen molar-refractivity contribution in [1.82, 2.24) is 21.3 Å². The minimum atomic E-state index is -3.71. The van der Waals surface area contributed by atoms with Crippen molar-refractivity contribution in [2.45, 2.75) is 441 Å². The van der Waals surface area contributed by atoms with E-state index in [1.165, 1.54) is 76.7 Å². The molecule has 0 aromatic heterocycles. The lowest BCUT2D eigenvalue weighted by molar-refractivity contribution is -0.404. The van der Waals surface area contributed by atoms with Gasteiger partial charge in [-0.2, -0.15) is 0 Å². The van der Waals surface area contributed by atoms with E-state index in [1.54, 1.807) is 6.08 Å². The van der Waals surface area contributed by atoms with Crippen LogP contribution >= 0.6 is 0 Å². The molecular weight excluding hydrogens is 1810 g/mol. The van der Waals surface area contributed by atoms with Gasteiger partial charge in [0, 0.05) is 58.8 Å². The molecule has 0 aromatic carbocycles. The number of amides is 4. The zero-order chi connectivity index (χ0) is 101. The van der Waals surface area contributed by atoms with Crippen LogP contribution in [0.3, 0.4) is 0 Å². The van der Waals surface area contributed by atoms with Gasteiger partial charge in [0.1, 0.15) is 122 Å². The molecule has 0 aliphatic carbocycles. The fraction of sp³-hybridized carbons (Fsp3) is 0.867. The van der Waals surface area contributed by atoms with Crippen LogP contribution < -0.4 is 21.3 Å². The number of nitrogens with one attached hydrogen (secondary N) is 4. The molecule has 786 valence electrons. The Kier molecular flexibility index (Phi) is 51.9. The van der Waals surface area contributed by atoms with Crippen LogP contribution in [0, 0.1) is 5.92 Å². The number of carbonyl (C=O) groups excluding carboxylic acids is 5. The van der Waals surface area contributed by atoms with Gasteiger partial charge >= 0.3 is 17.9 Å². The topological polar surface area (TPSA) is 741 Å². The summed E-state index contributed by atoms with van der Waals surface area (Å²) < 4.78 is 71.9. The summed E-state index contributed by atoms with van der Waals surface area (Å²) in [5, 5.41) is 261. The smallest absolute Gasteiger partial charge is 0.364 e. The summed E-state index contributed by atoms with van der Waals surface area (Å²) in [4.78, 5) is 107. The lowest BCUT2D eigenvalue weighted by atomic mass is 9.86. The van der Waals surface area contributed by atoms with E-state index < -0.39 is 332 Å². The Labute approximate surface area is 790 Å². The van der Waals surface area contributed by atoms with Crippen LogP contribution in [0.15, 0.2) is 24.3 Å². The van der Waals surface area contributed by atoms with Gasteiger partial charge in [0.05, 0.1) is 101 Å². The summed E-state index contributed by atoms with van der Waals surface area (Å²) in [6.45, 7) is -0.634. The molecule has 0 bridgehead atoms. The van der Waals surface area contributed by atoms with Crippen molar-refractivity contribution in [3.63, 3.8) is 0 Å². The van der Waals surface area contributed by atoms with Gasteiger partial charge in [0.2, 0.25) is 23.6 Å². The zero-order valence-electron chi connectivity index (χ0n) is 78.5. The number of hydrogen-bond donors (Lipinski definition) is 26. The van der Waals surface area contributed by atoms with Gasteiger partial charge in [-0.3, -0.25) is 19.2 Å². The summed E-state index contributed by atoms with van der Waals surface area (Å²) in [6, 6.07) is -7.30. The van der Waals surface area contributed by atoms with Crippen LogP contribution in [0.1, 0.15) is 234 Å². The van der Waals surface area contributed by atoms with Crippen LogP contribution in [0.5, 0.6) is 0 Å². The molecule has 6 rings (SSSR count). The molecule has 6 aliphatic rings. The highest BCUT2D eigenvalue weighted by atomic mass is 16.8. The average molecular weight is 1960 g/mol. The molecule has 0 spiro atoms. The largest absolute Gasteiger partial charge is 0.477 e. The standard InChI is InChI=1S/C90H154N4O42/c1-7-9-11-13-15-17-19-21-22-24-26-28-30-32-34-36-64(110)94-53(54(105)35-33-31-29-27-25-23-20-18-16-14-12-10-8-2)47-125-83-74(117)73(116)76(62(45-99)127-83)129-84-75(118)81(77(63(46-100)128-84)130-82-52(37-48(3)101)68(111)70(113)59(42-96)126-82)136-90(87(123)124)40-57(108)67(93-51(6)104)80(135-90)72(115)61(44-98)132-89(86(121)122)39-56(107)66(92-50(5)103)79(134-89)71(114)60(43-97)131-88(85(119)120)38-55(106)65(91-49(4)102)78(133-88)69(112)58(109)41-95/h21-22,33,35,52-63,65-84,95-100,105-109,111-118H,7-20,23-32,34,36-47H2,1-6H3,(H,91,102)(H,92,103)(H,93,104)(H,94,110)(H,119,120)(H,121,122)(H,123,124)/b22-21-,35-33+/t52-,53+,54-,55+,56+,57+,58-,59-,60-,61-,62-,63-,65-,66-,67-,68-,69-,70+,71-,72-,73-,74-,75-,76-,77+,78?,79?,80?,81-,82+,83-,84+,88-,89-,90+/m1/s1. The molecular formula is C90H154N4O42. The van der Waals surface area contributed by atoms with Gasteiger partial charge in [0.25, 0.3) is 17.4 Å². The predicted octanol–water partition coefficient (Wildman–Crippen LogP) is -3.65. The fourth-order valence-corrected chi connectivity index (χ4v) is 18.0. The second-order valence-corrected chi connectivity index (χ2v) is 36.4. The number of rotatable bonds is 63. The number of aliphatic hydroxyl groups is 19. The third-order valence-electron chi connectivity index (χ3n) is 25.4. The number of carboxylic acid groups (broad SMARTS) is 3. The third kappa shape index (κ3) is 34.2. The Hall–Kier alpha value is -5.80. The number of carbonyl (C=O) groups is 8. The van der Waals surface area contributed by atoms with Crippen LogP contribution in [0.25, 0.3) is 0 Å². The van der Waals surface area contributed by atoms with E-state index in [2.05, 4.69) is 47.3 Å². The van der Waals surface area contributed by atoms with E-state index in [-0.39, 0.29) is 6.42 Å². The lowest BCUT2D eigenvalue weighted by Crippen LogP contribution is -2.72. The van der Waals surface area contributed by atoms with Crippen molar-refractivity contribution in [1.29, 1.82) is 0 Å². The summed E-state index contributed by atoms with van der Waals surface area (Å²) >= 11 is 0. The van der Waals surface area contributed by atoms with Gasteiger partial charge < -0.3 is 195 Å². The van der Waals surface area contributed by atoms with Gasteiger partial charge in [-0.15, -0.1) is 0 Å². The Balaban J connectivity index is 1.32. The number of Topliss-reactive ketones (excluding diaryl/α,β-unsaturated/α-hetero) is 1. The molecule has 35 atom stereocenters. The van der Waals surface area contributed by atoms with Crippen LogP contribution in [0.2, 0.25) is 0 Å². The minimum absolute atomic E-state index is 0.0689. The van der Waals surface area contributed by atoms with Crippen molar-refractivity contribution in [2.75, 3.05) is 46.2 Å². The molecule has 0 saturated carbocycles. The van der Waals surface area contributed by atoms with Crippen molar-refractivity contribution in [3.8, 4) is 0 Å². The summed E-state index contributed by atoms with van der Waals surface area (Å²) in [5.41, 5.74) is 0. The van der Waals surface area contributed by atoms with Crippen molar-refractivity contribution in [3.05, 3.63) is 24.3 Å². The van der Waals surface area contributed by atoms with Gasteiger partial charge in [-0.05, 0) is 51.9 Å². The number of hydrogen-bond acceptors (Lipinski definition) is 39. The molecule has 0 aromatic rings. The molecule has 26 N–H and O–H groups in total. The highest BCUT2D eigenvalue weighted by Crippen LogP contribution is 2.45. The normalized spacial score (nSPS) is 34.1. The SMILES string of the molecule is CCCCCCCC/C=C\CCCCCCCC(=O)N[C@@H](CO[C@@H]1O[C@H](CO)[C@@H](O[C@@H]2O[C@H](CO)[C@H](O[C@@H]3O[C@H](CO)[C@H](O)[C@H](O)[C@H]3CC(C)=O)[C@H](O[C@]3(C(=O)O)C[C@H](O)[C@@H](NC(C)=O)C([C@H](O)[C@@H](CO)O[C@]4(C(=O)O)C[C@H](O)[C@@H](NC(C)=O)C([C@H](O)[C@@H](CO)O[C@]5(C(=O)O)C[C@H](O)[C@@H](NC(C)=O)C([C@H](O)[C@H](O)CO)O5)O4)O3)[C@H]2O)[C@H](O)[C@H]1O)[C@H](O)/C=C/CCCCCCCCCCCCC. The van der Waals surface area contributed by atoms with Crippen LogP contribution in [-0.2, 0) is 95.2 Å². The number of ketones is 1. The minimum Gasteiger partial charge on any atom is -0.477 e. The van der Waals surface area contributed by atoms with E-state index in [0.29, 0.717) is 12.8 Å². The highest BCUT2D eigenvalue weighted by molar-refractivity contribution is 5.79. The van der Waals surface area contributed by atoms with E-state index >= 15 is 0 Å². The molecule has 3 unspecified atom stereocenters. The van der Waals surface area contributed by atoms with E-state index in [4.69, 9.17) is 56.8 Å². The number of aliphatic hydroxyl groups excluding tert-OH is 19. The Morgan fingerprint density at radius 3 is 1.23 bits per heavy atom. The maximum Gasteiger partial charge on any atom is 0.364 e. The van der Waals surface area contributed by atoms with Crippen molar-refractivity contribution < 1.29 is 208 Å². The number of unbranched alkanes of at least 4 members (excludes halogenated alkanes) is 22. The summed E-state index contributed by atoms with van der Waals surface area (Å²) in [7, 11) is 0. The highest BCUT2D eigenvalue weighted by Gasteiger charge is 2.65. The van der Waals surface area contributed by atoms with Crippen molar-refractivity contribution in [2.24, 2.45) is 5.92 Å². The average Bonchev–Trinajstić information content (AvgIpc) is 0.732. The molecule has 6 heterocycles. The summed E-state index contributed by atoms with van der Waals surface area (Å²) in [6.07, 6.45) is -32.9. The Bertz CT molecular complexity index is 3620. The van der Waals surface area contributed by atoms with E-state index in [1.807, 2.05) is 0 Å². The molecule has 4 amide bonds. The van der Waals surface area contributed by atoms with Crippen LogP contribution in [-0.4, -0.2) is 413 Å². The number of aliphatic carboxylic acids is 3. The maximum atomic E-state index is 14.4. The Morgan fingerprint density at radius 1 is 0.419 bits per heavy atom. The zero-order valence-corrected chi connectivity index (χ0v) is 78.5. The third-order valence-corrected chi connectivity index (χ3v) is 25.4. The van der Waals surface area contributed by atoms with Gasteiger partial charge in [-0.1, -0.05) is 154 Å². The second-order valence-electron chi connectivity index (χ2n) is 36.4. The molecule has 46 heteroatoms. The monoisotopic (exact) mass is 1960 g/mol. The molecule has 46 nitrogen and oxygen atoms in total. The maximum absolute atomic E-state index is 14.4. The fourth-order valence-electron chi connectivity index (χ4n) is 18.0. The van der Waals surface area contributed by atoms with Crippen molar-refractivity contribution >= 4 is 47.3 Å². The first-order valence-corrected chi connectivity index (χ1v) is 47.7. The first-order valence-electron chi connectivity index (χ1n) is 47.7. The van der Waals surface area contributed by atoms with Gasteiger partial charge in [-0.25, -0.2) is 14.4 Å². The van der Waals surface area contributed by atoms with Gasteiger partial charge in [0.15, 0.2) is 18.9 Å². The predicted molar refractivity (Wildman–Crippen MR) is 470 cm³/mol. The van der Waals surface area contributed by atoms with E-state index in [9.17, 15) is 151 Å². The lowest BCUT2D eigenvalue weighted by Gasteiger charge is -2.53. The first kappa shape index (κ1) is 119. The summed E-state index contributed by atoms with van der Waals surface area (Å²) in [5.74, 6) is -23.6. The number of ether oxygens (including phenoxy) is 12. The molecule has 6 fully saturated rings. The van der Waals surface area contributed by atoms with Crippen LogP contribution in [0.4, 0.5) is 0 Å². The quantitative estimate of drug-likeness (QED) is 0.0206. The number of allylic oxidation sites excluding steroid dienone is 3. The van der Waals surface area contributed by atoms with E-state index in [0.717, 1.165) is 105 Å². The second kappa shape index (κ2) is 59.3. The molecule has 6 aliphatic heterocycles.